The van der Waals surface area contributed by atoms with E-state index in [0.717, 1.165) is 6.42 Å². The summed E-state index contributed by atoms with van der Waals surface area (Å²) < 4.78 is 17.7. The molecule has 1 aliphatic heterocycles. The molecule has 0 spiro atoms. The molecule has 1 aliphatic rings. The maximum atomic E-state index is 14.6. The molecule has 0 aromatic carbocycles. The maximum absolute atomic E-state index is 14.6. The SMILES string of the molecule is COCCCNc1nc(C(C)(C)C)ncc1C(=O)N(CC(C)C)[C@H]1C[C@@H](c2c(C(=O)OC)cnn2C)CN(C(=O)OC(C)(C)C)C1. The van der Waals surface area contributed by atoms with Crippen molar-refractivity contribution >= 4 is 23.8 Å². The number of anilines is 1. The molecule has 1 fully saturated rings. The summed E-state index contributed by atoms with van der Waals surface area (Å²) in [5.41, 5.74) is 0.280. The van der Waals surface area contributed by atoms with Crippen molar-refractivity contribution in [3.63, 3.8) is 0 Å². The molecular weight excluding hydrogens is 590 g/mol. The average Bonchev–Trinajstić information content (AvgIpc) is 3.36. The van der Waals surface area contributed by atoms with Crippen LogP contribution in [0.5, 0.6) is 0 Å². The number of aryl methyl sites for hydroxylation is 1. The van der Waals surface area contributed by atoms with Gasteiger partial charge >= 0.3 is 12.1 Å². The Morgan fingerprint density at radius 3 is 2.35 bits per heavy atom. The van der Waals surface area contributed by atoms with E-state index >= 15 is 0 Å². The fraction of sp³-hybridized carbons (Fsp3) is 0.697. The fourth-order valence-corrected chi connectivity index (χ4v) is 5.57. The second kappa shape index (κ2) is 15.2. The monoisotopic (exact) mass is 643 g/mol. The molecule has 3 rings (SSSR count). The molecule has 0 unspecified atom stereocenters. The topological polar surface area (TPSA) is 141 Å². The molecule has 0 bridgehead atoms. The van der Waals surface area contributed by atoms with E-state index in [4.69, 9.17) is 19.2 Å². The predicted molar refractivity (Wildman–Crippen MR) is 175 cm³/mol. The molecule has 13 heteroatoms. The Balaban J connectivity index is 2.09. The number of methoxy groups -OCH3 is 2. The van der Waals surface area contributed by atoms with Gasteiger partial charge in [0.25, 0.3) is 5.91 Å². The first-order valence-electron chi connectivity index (χ1n) is 16.0. The van der Waals surface area contributed by atoms with E-state index in [1.807, 2.05) is 60.3 Å². The van der Waals surface area contributed by atoms with Gasteiger partial charge in [0.2, 0.25) is 0 Å². The van der Waals surface area contributed by atoms with E-state index in [1.54, 1.807) is 29.9 Å². The summed E-state index contributed by atoms with van der Waals surface area (Å²) in [5, 5.41) is 7.68. The van der Waals surface area contributed by atoms with Crippen LogP contribution in [0.3, 0.4) is 0 Å². The van der Waals surface area contributed by atoms with Gasteiger partial charge in [-0.2, -0.15) is 5.10 Å². The molecule has 2 aromatic heterocycles. The first-order chi connectivity index (χ1) is 21.5. The minimum atomic E-state index is -0.716. The van der Waals surface area contributed by atoms with Gasteiger partial charge in [-0.3, -0.25) is 9.48 Å². The number of carbonyl (C=O) groups is 3. The highest BCUT2D eigenvalue weighted by Crippen LogP contribution is 2.34. The molecule has 1 saturated heterocycles. The van der Waals surface area contributed by atoms with Gasteiger partial charge in [-0.25, -0.2) is 19.6 Å². The molecule has 0 radical (unpaired) electrons. The van der Waals surface area contributed by atoms with Crippen LogP contribution in [0.4, 0.5) is 10.6 Å². The van der Waals surface area contributed by atoms with E-state index in [2.05, 4.69) is 15.4 Å². The molecule has 13 nitrogen and oxygen atoms in total. The summed E-state index contributed by atoms with van der Waals surface area (Å²) in [4.78, 5) is 53.7. The van der Waals surface area contributed by atoms with Crippen LogP contribution in [-0.2, 0) is 26.7 Å². The van der Waals surface area contributed by atoms with Crippen molar-refractivity contribution in [2.24, 2.45) is 13.0 Å². The fourth-order valence-electron chi connectivity index (χ4n) is 5.57. The average molecular weight is 644 g/mol. The highest BCUT2D eigenvalue weighted by molar-refractivity contribution is 5.98. The van der Waals surface area contributed by atoms with Gasteiger partial charge in [0, 0.05) is 64.5 Å². The van der Waals surface area contributed by atoms with Gasteiger partial charge in [-0.05, 0) is 39.5 Å². The number of nitrogens with zero attached hydrogens (tertiary/aromatic N) is 6. The molecule has 0 saturated carbocycles. The molecule has 256 valence electrons. The van der Waals surface area contributed by atoms with Crippen LogP contribution in [-0.4, -0.2) is 106 Å². The number of aromatic nitrogens is 4. The normalized spacial score (nSPS) is 17.2. The molecule has 46 heavy (non-hydrogen) atoms. The lowest BCUT2D eigenvalue weighted by molar-refractivity contribution is 0.00603. The number of nitrogens with one attached hydrogen (secondary N) is 1. The zero-order valence-corrected chi connectivity index (χ0v) is 29.5. The number of carbonyl (C=O) groups excluding carboxylic acids is 3. The highest BCUT2D eigenvalue weighted by atomic mass is 16.6. The summed E-state index contributed by atoms with van der Waals surface area (Å²) in [7, 11) is 4.74. The van der Waals surface area contributed by atoms with Crippen LogP contribution in [0.1, 0.15) is 106 Å². The Bertz CT molecular complexity index is 1360. The van der Waals surface area contributed by atoms with E-state index < -0.39 is 23.7 Å². The zero-order valence-electron chi connectivity index (χ0n) is 29.5. The zero-order chi connectivity index (χ0) is 34.4. The standard InChI is InChI=1S/C33H53N7O6/c1-21(2)18-40(28(41)25-16-35-30(32(3,4)5)37-27(25)34-13-12-14-44-10)23-15-22(19-39(20-23)31(43)46-33(6,7)8)26-24(29(42)45-11)17-36-38(26)9/h16-17,21-23H,12-15,18-20H2,1-11H3,(H,34,35,37)/t22-,23+/m1/s1. The summed E-state index contributed by atoms with van der Waals surface area (Å²) in [5.74, 6) is 0.122. The second-order valence-electron chi connectivity index (χ2n) is 14.4. The molecule has 2 aromatic rings. The summed E-state index contributed by atoms with van der Waals surface area (Å²) >= 11 is 0. The first-order valence-corrected chi connectivity index (χ1v) is 16.0. The van der Waals surface area contributed by atoms with Crippen molar-refractivity contribution in [2.75, 3.05) is 52.3 Å². The van der Waals surface area contributed by atoms with Crippen molar-refractivity contribution < 1.29 is 28.6 Å². The van der Waals surface area contributed by atoms with Gasteiger partial charge in [-0.1, -0.05) is 34.6 Å². The van der Waals surface area contributed by atoms with Crippen LogP contribution in [0.2, 0.25) is 0 Å². The minimum absolute atomic E-state index is 0.120. The lowest BCUT2D eigenvalue weighted by Gasteiger charge is -2.43. The van der Waals surface area contributed by atoms with Gasteiger partial charge in [-0.15, -0.1) is 0 Å². The molecule has 2 atom stereocenters. The van der Waals surface area contributed by atoms with Crippen molar-refractivity contribution in [3.8, 4) is 0 Å². The van der Waals surface area contributed by atoms with Crippen LogP contribution in [0.25, 0.3) is 0 Å². The largest absolute Gasteiger partial charge is 0.465 e. The van der Waals surface area contributed by atoms with Gasteiger partial charge in [0.15, 0.2) is 0 Å². The lowest BCUT2D eigenvalue weighted by Crippen LogP contribution is -2.55. The van der Waals surface area contributed by atoms with E-state index in [0.29, 0.717) is 54.6 Å². The van der Waals surface area contributed by atoms with Gasteiger partial charge in [0.05, 0.1) is 25.0 Å². The van der Waals surface area contributed by atoms with Gasteiger partial charge in [0.1, 0.15) is 28.4 Å². The number of likely N-dealkylation sites (tertiary alicyclic amines) is 1. The summed E-state index contributed by atoms with van der Waals surface area (Å²) in [6.07, 6.45) is 3.81. The van der Waals surface area contributed by atoms with E-state index in [-0.39, 0.29) is 36.2 Å². The van der Waals surface area contributed by atoms with E-state index in [9.17, 15) is 14.4 Å². The molecular formula is C33H53N7O6. The maximum Gasteiger partial charge on any atom is 0.410 e. The molecule has 0 aliphatic carbocycles. The Kier molecular flexibility index (Phi) is 12.2. The quantitative estimate of drug-likeness (QED) is 0.272. The summed E-state index contributed by atoms with van der Waals surface area (Å²) in [6, 6.07) is -0.412. The Labute approximate surface area is 273 Å². The third-order valence-corrected chi connectivity index (χ3v) is 7.63. The van der Waals surface area contributed by atoms with Crippen LogP contribution in [0.15, 0.2) is 12.4 Å². The number of amides is 2. The minimum Gasteiger partial charge on any atom is -0.465 e. The number of esters is 1. The van der Waals surface area contributed by atoms with Gasteiger partial charge < -0.3 is 29.3 Å². The number of piperidine rings is 1. The van der Waals surface area contributed by atoms with Crippen molar-refractivity contribution in [1.82, 2.24) is 29.5 Å². The van der Waals surface area contributed by atoms with Crippen LogP contribution in [0, 0.1) is 5.92 Å². The predicted octanol–water partition coefficient (Wildman–Crippen LogP) is 4.63. The number of hydrogen-bond donors (Lipinski definition) is 1. The van der Waals surface area contributed by atoms with Crippen LogP contribution >= 0.6 is 0 Å². The third kappa shape index (κ3) is 9.40. The Hall–Kier alpha value is -3.74. The van der Waals surface area contributed by atoms with E-state index in [1.165, 1.54) is 13.3 Å². The van der Waals surface area contributed by atoms with Crippen molar-refractivity contribution in [1.29, 1.82) is 0 Å². The molecule has 1 N–H and O–H groups in total. The number of rotatable bonds is 11. The summed E-state index contributed by atoms with van der Waals surface area (Å²) in [6.45, 7) is 17.7. The van der Waals surface area contributed by atoms with Crippen molar-refractivity contribution in [2.45, 2.75) is 91.2 Å². The first kappa shape index (κ1) is 36.7. The highest BCUT2D eigenvalue weighted by Gasteiger charge is 2.40. The molecule has 3 heterocycles. The van der Waals surface area contributed by atoms with Crippen molar-refractivity contribution in [3.05, 3.63) is 35.0 Å². The third-order valence-electron chi connectivity index (χ3n) is 7.63. The Morgan fingerprint density at radius 2 is 1.76 bits per heavy atom. The Morgan fingerprint density at radius 1 is 1.07 bits per heavy atom. The lowest BCUT2D eigenvalue weighted by atomic mass is 9.88. The number of ether oxygens (including phenoxy) is 3. The second-order valence-corrected chi connectivity index (χ2v) is 14.4. The number of hydrogen-bond acceptors (Lipinski definition) is 10. The smallest absolute Gasteiger partial charge is 0.410 e. The molecule has 2 amide bonds. The van der Waals surface area contributed by atoms with Crippen LogP contribution < -0.4 is 5.32 Å².